The summed E-state index contributed by atoms with van der Waals surface area (Å²) in [6.45, 7) is 6.18. The van der Waals surface area contributed by atoms with Crippen LogP contribution >= 0.6 is 0 Å². The average molecular weight is 315 g/mol. The number of rotatable bonds is 8. The Morgan fingerprint density at radius 1 is 1.24 bits per heavy atom. The zero-order chi connectivity index (χ0) is 16.0. The molecule has 0 amide bonds. The second-order valence-corrected chi connectivity index (χ2v) is 6.29. The van der Waals surface area contributed by atoms with Gasteiger partial charge in [0.25, 0.3) is 5.69 Å². The Labute approximate surface area is 124 Å². The van der Waals surface area contributed by atoms with Crippen LogP contribution in [0.1, 0.15) is 33.6 Å². The van der Waals surface area contributed by atoms with E-state index in [0.29, 0.717) is 25.1 Å². The molecular weight excluding hydrogens is 294 g/mol. The van der Waals surface area contributed by atoms with Gasteiger partial charge in [0.2, 0.25) is 10.0 Å². The number of nitro groups is 1. The van der Waals surface area contributed by atoms with Crippen LogP contribution in [0.5, 0.6) is 0 Å². The van der Waals surface area contributed by atoms with Gasteiger partial charge >= 0.3 is 0 Å². The molecule has 1 rings (SSSR count). The van der Waals surface area contributed by atoms with Crippen LogP contribution in [0.4, 0.5) is 11.4 Å². The van der Waals surface area contributed by atoms with Gasteiger partial charge in [0.05, 0.1) is 4.92 Å². The van der Waals surface area contributed by atoms with Crippen LogP contribution in [0.25, 0.3) is 0 Å². The fraction of sp³-hybridized carbons (Fsp3) is 0.538. The molecule has 1 aromatic carbocycles. The summed E-state index contributed by atoms with van der Waals surface area (Å²) in [6.07, 6.45) is 1.24. The topological polar surface area (TPSA) is 101 Å². The molecule has 0 atom stereocenters. The summed E-state index contributed by atoms with van der Waals surface area (Å²) in [5.74, 6) is 0. The van der Waals surface area contributed by atoms with Crippen molar-refractivity contribution in [2.45, 2.75) is 44.6 Å². The smallest absolute Gasteiger partial charge is 0.289 e. The lowest BCUT2D eigenvalue weighted by atomic mass is 10.2. The standard InChI is InChI=1S/C13H21N3O4S/c1-4-10(5-2)15-21(19,20)13-9-11(14-6-3)7-8-12(13)16(17)18/h7-10,14-15H,4-6H2,1-3H3. The first kappa shape index (κ1) is 17.4. The van der Waals surface area contributed by atoms with Crippen LogP contribution in [-0.4, -0.2) is 25.9 Å². The molecule has 7 nitrogen and oxygen atoms in total. The summed E-state index contributed by atoms with van der Waals surface area (Å²) >= 11 is 0. The van der Waals surface area contributed by atoms with E-state index in [1.54, 1.807) is 0 Å². The normalized spacial score (nSPS) is 11.6. The number of nitro benzene ring substituents is 1. The molecule has 0 aromatic heterocycles. The van der Waals surface area contributed by atoms with Crippen molar-refractivity contribution in [1.82, 2.24) is 4.72 Å². The summed E-state index contributed by atoms with van der Waals surface area (Å²) in [7, 11) is -3.93. The van der Waals surface area contributed by atoms with Gasteiger partial charge in [-0.2, -0.15) is 0 Å². The lowest BCUT2D eigenvalue weighted by Crippen LogP contribution is -2.34. The van der Waals surface area contributed by atoms with E-state index >= 15 is 0 Å². The molecule has 0 radical (unpaired) electrons. The van der Waals surface area contributed by atoms with Crippen LogP contribution in [-0.2, 0) is 10.0 Å². The highest BCUT2D eigenvalue weighted by atomic mass is 32.2. The molecule has 2 N–H and O–H groups in total. The number of nitrogens with one attached hydrogen (secondary N) is 2. The van der Waals surface area contributed by atoms with Gasteiger partial charge in [-0.3, -0.25) is 10.1 Å². The van der Waals surface area contributed by atoms with Crippen molar-refractivity contribution in [3.8, 4) is 0 Å². The number of nitrogens with zero attached hydrogens (tertiary/aromatic N) is 1. The fourth-order valence-corrected chi connectivity index (χ4v) is 3.53. The van der Waals surface area contributed by atoms with Crippen LogP contribution in [0, 0.1) is 10.1 Å². The zero-order valence-electron chi connectivity index (χ0n) is 12.4. The Hall–Kier alpha value is -1.67. The third kappa shape index (κ3) is 4.40. The SMILES string of the molecule is CCNc1ccc([N+](=O)[O-])c(S(=O)(=O)NC(CC)CC)c1. The van der Waals surface area contributed by atoms with Crippen LogP contribution in [0.2, 0.25) is 0 Å². The molecule has 0 aliphatic carbocycles. The number of hydrogen-bond donors (Lipinski definition) is 2. The predicted molar refractivity (Wildman–Crippen MR) is 82.0 cm³/mol. The second-order valence-electron chi connectivity index (χ2n) is 4.60. The molecule has 0 saturated heterocycles. The second kappa shape index (κ2) is 7.37. The predicted octanol–water partition coefficient (Wildman–Crippen LogP) is 2.49. The molecule has 1 aromatic rings. The van der Waals surface area contributed by atoms with Gasteiger partial charge in [-0.1, -0.05) is 13.8 Å². The maximum atomic E-state index is 12.4. The number of hydrogen-bond acceptors (Lipinski definition) is 5. The summed E-state index contributed by atoms with van der Waals surface area (Å²) in [5, 5.41) is 14.0. The van der Waals surface area contributed by atoms with Crippen molar-refractivity contribution in [2.24, 2.45) is 0 Å². The molecule has 21 heavy (non-hydrogen) atoms. The molecule has 0 bridgehead atoms. The molecule has 0 saturated carbocycles. The van der Waals surface area contributed by atoms with Gasteiger partial charge in [0, 0.05) is 24.3 Å². The highest BCUT2D eigenvalue weighted by molar-refractivity contribution is 7.89. The van der Waals surface area contributed by atoms with Crippen LogP contribution < -0.4 is 10.0 Å². The lowest BCUT2D eigenvalue weighted by molar-refractivity contribution is -0.387. The van der Waals surface area contributed by atoms with Crippen molar-refractivity contribution >= 4 is 21.4 Å². The van der Waals surface area contributed by atoms with Gasteiger partial charge < -0.3 is 5.32 Å². The molecule has 118 valence electrons. The van der Waals surface area contributed by atoms with E-state index in [-0.39, 0.29) is 10.9 Å². The van der Waals surface area contributed by atoms with Gasteiger partial charge in [0.1, 0.15) is 0 Å². The minimum Gasteiger partial charge on any atom is -0.385 e. The Kier molecular flexibility index (Phi) is 6.10. The maximum absolute atomic E-state index is 12.4. The van der Waals surface area contributed by atoms with Gasteiger partial charge in [-0.15, -0.1) is 0 Å². The Morgan fingerprint density at radius 2 is 1.86 bits per heavy atom. The Morgan fingerprint density at radius 3 is 2.33 bits per heavy atom. The number of anilines is 1. The van der Waals surface area contributed by atoms with E-state index in [1.807, 2.05) is 20.8 Å². The summed E-state index contributed by atoms with van der Waals surface area (Å²) in [5.41, 5.74) is 0.114. The summed E-state index contributed by atoms with van der Waals surface area (Å²) < 4.78 is 27.3. The maximum Gasteiger partial charge on any atom is 0.289 e. The molecular formula is C13H21N3O4S. The third-order valence-corrected chi connectivity index (χ3v) is 4.68. The van der Waals surface area contributed by atoms with E-state index in [1.165, 1.54) is 18.2 Å². The van der Waals surface area contributed by atoms with Crippen molar-refractivity contribution in [1.29, 1.82) is 0 Å². The monoisotopic (exact) mass is 315 g/mol. The van der Waals surface area contributed by atoms with E-state index in [2.05, 4.69) is 10.0 Å². The first-order valence-electron chi connectivity index (χ1n) is 6.90. The molecule has 0 spiro atoms. The van der Waals surface area contributed by atoms with E-state index in [9.17, 15) is 18.5 Å². The number of sulfonamides is 1. The molecule has 0 aliphatic rings. The number of benzene rings is 1. The molecule has 0 unspecified atom stereocenters. The van der Waals surface area contributed by atoms with Crippen molar-refractivity contribution < 1.29 is 13.3 Å². The highest BCUT2D eigenvalue weighted by Crippen LogP contribution is 2.27. The quantitative estimate of drug-likeness (QED) is 0.567. The Balaban J connectivity index is 3.30. The summed E-state index contributed by atoms with van der Waals surface area (Å²) in [6, 6.07) is 3.77. The van der Waals surface area contributed by atoms with Crippen molar-refractivity contribution in [3.63, 3.8) is 0 Å². The van der Waals surface area contributed by atoms with E-state index in [4.69, 9.17) is 0 Å². The van der Waals surface area contributed by atoms with Crippen molar-refractivity contribution in [2.75, 3.05) is 11.9 Å². The van der Waals surface area contributed by atoms with Crippen LogP contribution in [0.15, 0.2) is 23.1 Å². The van der Waals surface area contributed by atoms with Crippen molar-refractivity contribution in [3.05, 3.63) is 28.3 Å². The fourth-order valence-electron chi connectivity index (χ4n) is 1.93. The van der Waals surface area contributed by atoms with Gasteiger partial charge in [-0.05, 0) is 31.9 Å². The minimum atomic E-state index is -3.93. The zero-order valence-corrected chi connectivity index (χ0v) is 13.2. The molecule has 0 heterocycles. The first-order chi connectivity index (χ1) is 9.85. The molecule has 8 heteroatoms. The average Bonchev–Trinajstić information content (AvgIpc) is 2.44. The summed E-state index contributed by atoms with van der Waals surface area (Å²) in [4.78, 5) is 10.1. The van der Waals surface area contributed by atoms with E-state index in [0.717, 1.165) is 0 Å². The van der Waals surface area contributed by atoms with Crippen LogP contribution in [0.3, 0.4) is 0 Å². The van der Waals surface area contributed by atoms with Gasteiger partial charge in [-0.25, -0.2) is 13.1 Å². The highest BCUT2D eigenvalue weighted by Gasteiger charge is 2.27. The van der Waals surface area contributed by atoms with E-state index < -0.39 is 20.6 Å². The lowest BCUT2D eigenvalue weighted by Gasteiger charge is -2.15. The third-order valence-electron chi connectivity index (χ3n) is 3.13. The Bertz CT molecular complexity index is 597. The molecule has 0 fully saturated rings. The van der Waals surface area contributed by atoms with Gasteiger partial charge in [0.15, 0.2) is 4.90 Å². The molecule has 0 aliphatic heterocycles. The largest absolute Gasteiger partial charge is 0.385 e. The minimum absolute atomic E-state index is 0.239. The first-order valence-corrected chi connectivity index (χ1v) is 8.38.